The summed E-state index contributed by atoms with van der Waals surface area (Å²) in [6.45, 7) is 4.69. The first-order valence-electron chi connectivity index (χ1n) is 7.73. The standard InChI is InChI=1S/C16H18FN3O4/c1-2-19-8-9(16(23)24)14(21)12-10(19)7-11(13(17)15(12)22)20-5-3-18-4-6-20/h7-8,18,22H,2-6H2,1H3,(H,23,24). The quantitative estimate of drug-likeness (QED) is 0.774. The molecular weight excluding hydrogens is 317 g/mol. The van der Waals surface area contributed by atoms with Crippen LogP contribution < -0.4 is 15.6 Å². The zero-order chi connectivity index (χ0) is 17.4. The van der Waals surface area contributed by atoms with Gasteiger partial charge in [0, 0.05) is 38.9 Å². The van der Waals surface area contributed by atoms with Gasteiger partial charge in [0.25, 0.3) is 0 Å². The van der Waals surface area contributed by atoms with E-state index in [0.29, 0.717) is 38.2 Å². The molecule has 0 radical (unpaired) electrons. The van der Waals surface area contributed by atoms with Crippen molar-refractivity contribution in [3.05, 3.63) is 33.9 Å². The van der Waals surface area contributed by atoms with Crippen LogP contribution in [-0.4, -0.2) is 46.9 Å². The summed E-state index contributed by atoms with van der Waals surface area (Å²) in [5.41, 5.74) is -0.842. The van der Waals surface area contributed by atoms with Crippen molar-refractivity contribution >= 4 is 22.6 Å². The summed E-state index contributed by atoms with van der Waals surface area (Å²) in [7, 11) is 0. The van der Waals surface area contributed by atoms with E-state index in [1.54, 1.807) is 11.8 Å². The molecule has 1 saturated heterocycles. The Balaban J connectivity index is 2.33. The fourth-order valence-electron chi connectivity index (χ4n) is 3.04. The van der Waals surface area contributed by atoms with Crippen molar-refractivity contribution in [3.8, 4) is 5.75 Å². The number of nitrogens with one attached hydrogen (secondary N) is 1. The lowest BCUT2D eigenvalue weighted by molar-refractivity contribution is 0.0695. The number of carbonyl (C=O) groups is 1. The van der Waals surface area contributed by atoms with E-state index in [1.807, 2.05) is 0 Å². The minimum Gasteiger partial charge on any atom is -0.504 e. The van der Waals surface area contributed by atoms with Crippen molar-refractivity contribution in [2.24, 2.45) is 0 Å². The first kappa shape index (κ1) is 16.3. The van der Waals surface area contributed by atoms with E-state index in [2.05, 4.69) is 5.32 Å². The Morgan fingerprint density at radius 3 is 2.62 bits per heavy atom. The molecule has 1 aliphatic rings. The number of halogens is 1. The van der Waals surface area contributed by atoms with Gasteiger partial charge in [-0.05, 0) is 13.0 Å². The number of phenolic OH excluding ortho intramolecular Hbond substituents is 1. The molecule has 3 rings (SSSR count). The van der Waals surface area contributed by atoms with E-state index in [4.69, 9.17) is 5.11 Å². The summed E-state index contributed by atoms with van der Waals surface area (Å²) >= 11 is 0. The summed E-state index contributed by atoms with van der Waals surface area (Å²) in [6.07, 6.45) is 1.23. The molecule has 1 aromatic carbocycles. The smallest absolute Gasteiger partial charge is 0.341 e. The van der Waals surface area contributed by atoms with Crippen LogP contribution in [0.3, 0.4) is 0 Å². The average molecular weight is 335 g/mol. The Labute approximate surface area is 136 Å². The van der Waals surface area contributed by atoms with Gasteiger partial charge in [-0.15, -0.1) is 0 Å². The lowest BCUT2D eigenvalue weighted by Crippen LogP contribution is -2.44. The second-order valence-electron chi connectivity index (χ2n) is 5.65. The summed E-state index contributed by atoms with van der Waals surface area (Å²) < 4.78 is 16.2. The van der Waals surface area contributed by atoms with Crippen LogP contribution in [-0.2, 0) is 6.54 Å². The molecule has 0 aliphatic carbocycles. The minimum atomic E-state index is -1.41. The molecule has 7 nitrogen and oxygen atoms in total. The topological polar surface area (TPSA) is 94.8 Å². The van der Waals surface area contributed by atoms with Gasteiger partial charge in [-0.3, -0.25) is 4.79 Å². The number of anilines is 1. The Hall–Kier alpha value is -2.61. The molecule has 0 amide bonds. The molecular formula is C16H18FN3O4. The highest BCUT2D eigenvalue weighted by Crippen LogP contribution is 2.34. The molecule has 0 spiro atoms. The monoisotopic (exact) mass is 335 g/mol. The molecule has 0 atom stereocenters. The Bertz CT molecular complexity index is 872. The number of fused-ring (bicyclic) bond motifs is 1. The van der Waals surface area contributed by atoms with E-state index < -0.39 is 28.5 Å². The molecule has 24 heavy (non-hydrogen) atoms. The second-order valence-corrected chi connectivity index (χ2v) is 5.65. The molecule has 1 aromatic heterocycles. The van der Waals surface area contributed by atoms with E-state index in [9.17, 15) is 19.1 Å². The molecule has 2 heterocycles. The lowest BCUT2D eigenvalue weighted by Gasteiger charge is -2.30. The number of benzene rings is 1. The van der Waals surface area contributed by atoms with Crippen LogP contribution >= 0.6 is 0 Å². The lowest BCUT2D eigenvalue weighted by atomic mass is 10.1. The van der Waals surface area contributed by atoms with E-state index in [-0.39, 0.29) is 11.1 Å². The number of hydrogen-bond donors (Lipinski definition) is 3. The fraction of sp³-hybridized carbons (Fsp3) is 0.375. The first-order chi connectivity index (χ1) is 11.5. The summed E-state index contributed by atoms with van der Waals surface area (Å²) in [6, 6.07) is 1.51. The number of phenols is 1. The zero-order valence-electron chi connectivity index (χ0n) is 13.2. The highest BCUT2D eigenvalue weighted by atomic mass is 19.1. The molecule has 1 fully saturated rings. The van der Waals surface area contributed by atoms with Crippen LogP contribution in [0.1, 0.15) is 17.3 Å². The van der Waals surface area contributed by atoms with Crippen LogP contribution in [0.4, 0.5) is 10.1 Å². The third kappa shape index (κ3) is 2.48. The third-order valence-corrected chi connectivity index (χ3v) is 4.29. The maximum Gasteiger partial charge on any atom is 0.341 e. The highest BCUT2D eigenvalue weighted by molar-refractivity contribution is 5.96. The van der Waals surface area contributed by atoms with Crippen molar-refractivity contribution in [2.45, 2.75) is 13.5 Å². The Morgan fingerprint density at radius 1 is 1.38 bits per heavy atom. The number of piperazine rings is 1. The number of aromatic nitrogens is 1. The third-order valence-electron chi connectivity index (χ3n) is 4.29. The van der Waals surface area contributed by atoms with Gasteiger partial charge < -0.3 is 25.0 Å². The van der Waals surface area contributed by atoms with Gasteiger partial charge in [-0.25, -0.2) is 9.18 Å². The number of rotatable bonds is 3. The van der Waals surface area contributed by atoms with E-state index in [1.165, 1.54) is 16.8 Å². The maximum absolute atomic E-state index is 14.7. The Morgan fingerprint density at radius 2 is 2.04 bits per heavy atom. The number of nitrogens with zero attached hydrogens (tertiary/aromatic N) is 2. The van der Waals surface area contributed by atoms with Crippen molar-refractivity contribution in [1.82, 2.24) is 9.88 Å². The SMILES string of the molecule is CCn1cc(C(=O)O)c(=O)c2c(O)c(F)c(N3CCNCC3)cc21. The van der Waals surface area contributed by atoms with Crippen LogP contribution in [0.5, 0.6) is 5.75 Å². The number of pyridine rings is 1. The van der Waals surface area contributed by atoms with E-state index >= 15 is 0 Å². The van der Waals surface area contributed by atoms with Crippen molar-refractivity contribution in [1.29, 1.82) is 0 Å². The minimum absolute atomic E-state index is 0.214. The number of aryl methyl sites for hydroxylation is 1. The molecule has 1 aliphatic heterocycles. The van der Waals surface area contributed by atoms with Gasteiger partial charge in [0.05, 0.1) is 16.6 Å². The Kier molecular flexibility index (Phi) is 4.15. The maximum atomic E-state index is 14.7. The zero-order valence-corrected chi connectivity index (χ0v) is 13.2. The molecule has 2 aromatic rings. The number of aromatic hydroxyl groups is 1. The largest absolute Gasteiger partial charge is 0.504 e. The fourth-order valence-corrected chi connectivity index (χ4v) is 3.04. The molecule has 0 saturated carbocycles. The highest BCUT2D eigenvalue weighted by Gasteiger charge is 2.24. The number of hydrogen-bond acceptors (Lipinski definition) is 5. The molecule has 0 unspecified atom stereocenters. The summed E-state index contributed by atoms with van der Waals surface area (Å²) in [5.74, 6) is -3.10. The first-order valence-corrected chi connectivity index (χ1v) is 7.73. The van der Waals surface area contributed by atoms with Gasteiger partial charge in [0.1, 0.15) is 5.56 Å². The second kappa shape index (κ2) is 6.12. The molecule has 128 valence electrons. The van der Waals surface area contributed by atoms with Crippen LogP contribution in [0, 0.1) is 5.82 Å². The number of carboxylic acid groups (broad SMARTS) is 1. The predicted octanol–water partition coefficient (Wildman–Crippen LogP) is 0.974. The van der Waals surface area contributed by atoms with Crippen molar-refractivity contribution in [2.75, 3.05) is 31.1 Å². The number of aromatic carboxylic acids is 1. The van der Waals surface area contributed by atoms with Crippen molar-refractivity contribution in [3.63, 3.8) is 0 Å². The molecule has 0 bridgehead atoms. The average Bonchev–Trinajstić information content (AvgIpc) is 2.58. The molecule has 3 N–H and O–H groups in total. The predicted molar refractivity (Wildman–Crippen MR) is 87.5 cm³/mol. The van der Waals surface area contributed by atoms with Gasteiger partial charge in [-0.2, -0.15) is 0 Å². The van der Waals surface area contributed by atoms with Gasteiger partial charge in [0.2, 0.25) is 5.43 Å². The van der Waals surface area contributed by atoms with Gasteiger partial charge in [-0.1, -0.05) is 0 Å². The van der Waals surface area contributed by atoms with Crippen LogP contribution in [0.15, 0.2) is 17.1 Å². The van der Waals surface area contributed by atoms with Gasteiger partial charge >= 0.3 is 5.97 Å². The summed E-state index contributed by atoms with van der Waals surface area (Å²) in [4.78, 5) is 25.4. The van der Waals surface area contributed by atoms with Crippen LogP contribution in [0.2, 0.25) is 0 Å². The van der Waals surface area contributed by atoms with Crippen molar-refractivity contribution < 1.29 is 19.4 Å². The summed E-state index contributed by atoms with van der Waals surface area (Å²) in [5, 5.41) is 22.3. The van der Waals surface area contributed by atoms with Crippen LogP contribution in [0.25, 0.3) is 10.9 Å². The number of carboxylic acids is 1. The van der Waals surface area contributed by atoms with Gasteiger partial charge in [0.15, 0.2) is 11.6 Å². The molecule has 8 heteroatoms. The normalized spacial score (nSPS) is 15.0. The van der Waals surface area contributed by atoms with E-state index in [0.717, 1.165) is 0 Å².